The molecule has 1 aliphatic heterocycles. The second kappa shape index (κ2) is 5.43. The SMILES string of the molecule is CC(C)c1cnn(C2(CC#N)CN(S(=O)(=O)C(C)C)C2)c1. The molecule has 7 heteroatoms. The normalized spacial score (nSPS) is 18.7. The Morgan fingerprint density at radius 2 is 2.00 bits per heavy atom. The van der Waals surface area contributed by atoms with Gasteiger partial charge in [-0.05, 0) is 25.3 Å². The second-order valence-corrected chi connectivity index (χ2v) is 8.78. The van der Waals surface area contributed by atoms with Crippen LogP contribution in [0.1, 0.15) is 45.6 Å². The van der Waals surface area contributed by atoms with E-state index in [9.17, 15) is 8.42 Å². The van der Waals surface area contributed by atoms with Crippen LogP contribution in [0.25, 0.3) is 0 Å². The molecule has 0 aromatic carbocycles. The second-order valence-electron chi connectivity index (χ2n) is 6.29. The van der Waals surface area contributed by atoms with Gasteiger partial charge >= 0.3 is 0 Å². The maximum Gasteiger partial charge on any atom is 0.216 e. The molecule has 1 aromatic heterocycles. The fourth-order valence-corrected chi connectivity index (χ4v) is 3.90. The Labute approximate surface area is 126 Å². The van der Waals surface area contributed by atoms with Crippen molar-refractivity contribution in [2.75, 3.05) is 13.1 Å². The van der Waals surface area contributed by atoms with Crippen molar-refractivity contribution in [3.8, 4) is 6.07 Å². The number of hydrogen-bond donors (Lipinski definition) is 0. The van der Waals surface area contributed by atoms with E-state index in [1.54, 1.807) is 24.7 Å². The molecule has 1 fully saturated rings. The zero-order chi connectivity index (χ0) is 15.8. The smallest absolute Gasteiger partial charge is 0.216 e. The molecule has 0 saturated carbocycles. The molecule has 0 radical (unpaired) electrons. The minimum absolute atomic E-state index is 0.260. The van der Waals surface area contributed by atoms with Crippen LogP contribution >= 0.6 is 0 Å². The van der Waals surface area contributed by atoms with E-state index >= 15 is 0 Å². The molecule has 0 N–H and O–H groups in total. The highest BCUT2D eigenvalue weighted by molar-refractivity contribution is 7.89. The van der Waals surface area contributed by atoms with Gasteiger partial charge in [0.05, 0.1) is 23.9 Å². The van der Waals surface area contributed by atoms with E-state index in [-0.39, 0.29) is 6.42 Å². The Balaban J connectivity index is 2.24. The van der Waals surface area contributed by atoms with E-state index in [2.05, 4.69) is 25.0 Å². The van der Waals surface area contributed by atoms with Gasteiger partial charge in [-0.2, -0.15) is 14.7 Å². The summed E-state index contributed by atoms with van der Waals surface area (Å²) in [6.45, 7) is 8.14. The number of nitriles is 1. The summed E-state index contributed by atoms with van der Waals surface area (Å²) in [5.74, 6) is 0.355. The zero-order valence-corrected chi connectivity index (χ0v) is 13.8. The molecular weight excluding hydrogens is 288 g/mol. The van der Waals surface area contributed by atoms with Gasteiger partial charge in [-0.15, -0.1) is 0 Å². The molecule has 0 aliphatic carbocycles. The fraction of sp³-hybridized carbons (Fsp3) is 0.714. The predicted octanol–water partition coefficient (Wildman–Crippen LogP) is 1.67. The first-order valence-corrected chi connectivity index (χ1v) is 8.64. The van der Waals surface area contributed by atoms with Crippen molar-refractivity contribution in [2.24, 2.45) is 0 Å². The van der Waals surface area contributed by atoms with Crippen molar-refractivity contribution in [3.05, 3.63) is 18.0 Å². The van der Waals surface area contributed by atoms with E-state index in [1.807, 2.05) is 6.20 Å². The first-order valence-electron chi connectivity index (χ1n) is 7.14. The molecule has 2 heterocycles. The van der Waals surface area contributed by atoms with Crippen LogP contribution in [0.2, 0.25) is 0 Å². The first-order chi connectivity index (χ1) is 9.73. The van der Waals surface area contributed by atoms with Crippen molar-refractivity contribution in [1.82, 2.24) is 14.1 Å². The van der Waals surface area contributed by atoms with Crippen LogP contribution in [-0.4, -0.2) is 40.8 Å². The summed E-state index contributed by atoms with van der Waals surface area (Å²) >= 11 is 0. The minimum Gasteiger partial charge on any atom is -0.263 e. The maximum absolute atomic E-state index is 12.2. The summed E-state index contributed by atoms with van der Waals surface area (Å²) in [6, 6.07) is 2.17. The molecule has 116 valence electrons. The largest absolute Gasteiger partial charge is 0.263 e. The lowest BCUT2D eigenvalue weighted by Crippen LogP contribution is -2.65. The molecule has 0 spiro atoms. The Morgan fingerprint density at radius 3 is 2.43 bits per heavy atom. The Kier molecular flexibility index (Phi) is 4.13. The van der Waals surface area contributed by atoms with Gasteiger partial charge < -0.3 is 0 Å². The van der Waals surface area contributed by atoms with E-state index in [1.165, 1.54) is 4.31 Å². The van der Waals surface area contributed by atoms with E-state index < -0.39 is 20.8 Å². The zero-order valence-electron chi connectivity index (χ0n) is 12.9. The lowest BCUT2D eigenvalue weighted by atomic mass is 9.89. The Hall–Kier alpha value is -1.39. The monoisotopic (exact) mass is 310 g/mol. The molecule has 0 atom stereocenters. The van der Waals surface area contributed by atoms with Crippen LogP contribution in [0, 0.1) is 11.3 Å². The van der Waals surface area contributed by atoms with Gasteiger partial charge in [0.15, 0.2) is 0 Å². The topological polar surface area (TPSA) is 79.0 Å². The van der Waals surface area contributed by atoms with Crippen LogP contribution < -0.4 is 0 Å². The van der Waals surface area contributed by atoms with Crippen LogP contribution in [-0.2, 0) is 15.6 Å². The highest BCUT2D eigenvalue weighted by Crippen LogP contribution is 2.35. The lowest BCUT2D eigenvalue weighted by molar-refractivity contribution is 0.0710. The first kappa shape index (κ1) is 16.0. The molecule has 0 amide bonds. The van der Waals surface area contributed by atoms with Crippen LogP contribution in [0.4, 0.5) is 0 Å². The lowest BCUT2D eigenvalue weighted by Gasteiger charge is -2.48. The average molecular weight is 310 g/mol. The van der Waals surface area contributed by atoms with Gasteiger partial charge in [-0.25, -0.2) is 8.42 Å². The van der Waals surface area contributed by atoms with E-state index in [0.717, 1.165) is 5.56 Å². The summed E-state index contributed by atoms with van der Waals surface area (Å²) in [5, 5.41) is 13.0. The predicted molar refractivity (Wildman–Crippen MR) is 80.1 cm³/mol. The number of sulfonamides is 1. The average Bonchev–Trinajstić information content (AvgIpc) is 2.82. The van der Waals surface area contributed by atoms with Crippen molar-refractivity contribution in [2.45, 2.75) is 50.8 Å². The highest BCUT2D eigenvalue weighted by Gasteiger charge is 2.50. The summed E-state index contributed by atoms with van der Waals surface area (Å²) < 4.78 is 27.6. The third-order valence-electron chi connectivity index (χ3n) is 4.06. The molecule has 0 unspecified atom stereocenters. The van der Waals surface area contributed by atoms with Gasteiger partial charge in [-0.1, -0.05) is 13.8 Å². The van der Waals surface area contributed by atoms with Crippen molar-refractivity contribution in [3.63, 3.8) is 0 Å². The fourth-order valence-electron chi connectivity index (χ4n) is 2.47. The molecule has 21 heavy (non-hydrogen) atoms. The van der Waals surface area contributed by atoms with Crippen molar-refractivity contribution < 1.29 is 8.42 Å². The quantitative estimate of drug-likeness (QED) is 0.828. The summed E-state index contributed by atoms with van der Waals surface area (Å²) in [4.78, 5) is 0. The highest BCUT2D eigenvalue weighted by atomic mass is 32.2. The van der Waals surface area contributed by atoms with Crippen molar-refractivity contribution in [1.29, 1.82) is 5.26 Å². The van der Waals surface area contributed by atoms with Gasteiger partial charge in [0, 0.05) is 19.3 Å². The minimum atomic E-state index is -3.26. The molecule has 2 rings (SSSR count). The molecular formula is C14H22N4O2S. The van der Waals surface area contributed by atoms with E-state index in [4.69, 9.17) is 5.26 Å². The molecule has 6 nitrogen and oxygen atoms in total. The Morgan fingerprint density at radius 1 is 1.38 bits per heavy atom. The van der Waals surface area contributed by atoms with Crippen LogP contribution in [0.15, 0.2) is 12.4 Å². The summed E-state index contributed by atoms with van der Waals surface area (Å²) in [7, 11) is -3.26. The summed E-state index contributed by atoms with van der Waals surface area (Å²) in [5.41, 5.74) is 0.571. The van der Waals surface area contributed by atoms with Gasteiger partial charge in [0.25, 0.3) is 0 Å². The van der Waals surface area contributed by atoms with E-state index in [0.29, 0.717) is 19.0 Å². The molecule has 1 aliphatic rings. The van der Waals surface area contributed by atoms with Crippen LogP contribution in [0.5, 0.6) is 0 Å². The summed E-state index contributed by atoms with van der Waals surface area (Å²) in [6.07, 6.45) is 3.99. The third-order valence-corrected chi connectivity index (χ3v) is 6.23. The molecule has 1 saturated heterocycles. The standard InChI is InChI=1S/C14H22N4O2S/c1-11(2)13-7-16-18(8-13)14(5-6-15)9-17(10-14)21(19,20)12(3)4/h7-8,11-12H,5,9-10H2,1-4H3. The number of aromatic nitrogens is 2. The third kappa shape index (κ3) is 2.70. The molecule has 1 aromatic rings. The number of nitrogens with zero attached hydrogens (tertiary/aromatic N) is 4. The molecule has 0 bridgehead atoms. The van der Waals surface area contributed by atoms with Gasteiger partial charge in [-0.3, -0.25) is 4.68 Å². The van der Waals surface area contributed by atoms with Crippen LogP contribution in [0.3, 0.4) is 0 Å². The van der Waals surface area contributed by atoms with Gasteiger partial charge in [0.2, 0.25) is 10.0 Å². The number of hydrogen-bond acceptors (Lipinski definition) is 4. The number of rotatable bonds is 5. The maximum atomic E-state index is 12.2. The van der Waals surface area contributed by atoms with Crippen molar-refractivity contribution >= 4 is 10.0 Å². The Bertz CT molecular complexity index is 649. The van der Waals surface area contributed by atoms with Gasteiger partial charge in [0.1, 0.15) is 5.54 Å².